The van der Waals surface area contributed by atoms with Crippen molar-refractivity contribution < 1.29 is 18.0 Å². The summed E-state index contributed by atoms with van der Waals surface area (Å²) in [5, 5.41) is 3.58. The number of rotatable bonds is 12. The first-order chi connectivity index (χ1) is 18.9. The number of carbonyl (C=O) groups is 2. The van der Waals surface area contributed by atoms with E-state index in [-0.39, 0.29) is 23.3 Å². The van der Waals surface area contributed by atoms with Crippen LogP contribution in [0.4, 0.5) is 5.69 Å². The third-order valence-electron chi connectivity index (χ3n) is 6.19. The van der Waals surface area contributed by atoms with E-state index in [1.54, 1.807) is 67.6 Å². The molecule has 0 saturated carbocycles. The number of hydrogen-bond donors (Lipinski definition) is 1. The first-order valence-electron chi connectivity index (χ1n) is 12.8. The fourth-order valence-corrected chi connectivity index (χ4v) is 6.36. The summed E-state index contributed by atoms with van der Waals surface area (Å²) in [5.41, 5.74) is 0.798. The number of nitrogens with zero attached hydrogens (tertiary/aromatic N) is 2. The number of amides is 2. The standard InChI is InChI=1S/C29H32Cl2IN3O4S/c1-4-27(29(37)33-17-20(2)3)34(18-24-25(30)11-8-12-26(24)31)28(36)19-35(22-15-13-21(32)14-16-22)40(38,39)23-9-6-5-7-10-23/h5-16,20,27H,4,17-19H2,1-3H3,(H,33,37)/t27-/m0/s1. The van der Waals surface area contributed by atoms with Gasteiger partial charge in [-0.05, 0) is 83.5 Å². The van der Waals surface area contributed by atoms with Gasteiger partial charge in [0.15, 0.2) is 0 Å². The summed E-state index contributed by atoms with van der Waals surface area (Å²) in [6, 6.07) is 18.9. The Hall–Kier alpha value is -2.34. The molecule has 0 aliphatic rings. The van der Waals surface area contributed by atoms with Gasteiger partial charge in [-0.25, -0.2) is 8.42 Å². The van der Waals surface area contributed by atoms with Crippen molar-refractivity contribution in [2.75, 3.05) is 17.4 Å². The first kappa shape index (κ1) is 32.2. The maximum Gasteiger partial charge on any atom is 0.264 e. The molecule has 1 N–H and O–H groups in total. The normalized spacial score (nSPS) is 12.2. The number of nitrogens with one attached hydrogen (secondary N) is 1. The maximum atomic E-state index is 14.1. The van der Waals surface area contributed by atoms with Gasteiger partial charge in [-0.3, -0.25) is 13.9 Å². The molecule has 0 aromatic heterocycles. The summed E-state index contributed by atoms with van der Waals surface area (Å²) in [6.45, 7) is 5.57. The molecule has 0 aliphatic carbocycles. The minimum absolute atomic E-state index is 0.0452. The van der Waals surface area contributed by atoms with Gasteiger partial charge in [-0.2, -0.15) is 0 Å². The van der Waals surface area contributed by atoms with Crippen molar-refractivity contribution in [2.45, 2.75) is 44.7 Å². The average Bonchev–Trinajstić information content (AvgIpc) is 2.92. The van der Waals surface area contributed by atoms with Crippen LogP contribution >= 0.6 is 45.8 Å². The van der Waals surface area contributed by atoms with Crippen molar-refractivity contribution >= 4 is 73.3 Å². The second-order valence-electron chi connectivity index (χ2n) is 9.59. The highest BCUT2D eigenvalue weighted by molar-refractivity contribution is 14.1. The molecule has 40 heavy (non-hydrogen) atoms. The smallest absolute Gasteiger partial charge is 0.264 e. The zero-order valence-corrected chi connectivity index (χ0v) is 27.0. The average molecular weight is 716 g/mol. The van der Waals surface area contributed by atoms with Gasteiger partial charge in [0.1, 0.15) is 12.6 Å². The number of carbonyl (C=O) groups excluding carboxylic acids is 2. The lowest BCUT2D eigenvalue weighted by Gasteiger charge is -2.33. The molecular weight excluding hydrogens is 684 g/mol. The van der Waals surface area contributed by atoms with Gasteiger partial charge in [0.25, 0.3) is 10.0 Å². The molecule has 0 fully saturated rings. The SMILES string of the molecule is CC[C@@H](C(=O)NCC(C)C)N(Cc1c(Cl)cccc1Cl)C(=O)CN(c1ccc(I)cc1)S(=O)(=O)c1ccccc1. The lowest BCUT2D eigenvalue weighted by atomic mass is 10.1. The molecule has 3 rings (SSSR count). The lowest BCUT2D eigenvalue weighted by Crippen LogP contribution is -2.52. The van der Waals surface area contributed by atoms with Gasteiger partial charge < -0.3 is 10.2 Å². The fourth-order valence-electron chi connectivity index (χ4n) is 4.05. The van der Waals surface area contributed by atoms with E-state index in [0.29, 0.717) is 34.3 Å². The van der Waals surface area contributed by atoms with Gasteiger partial charge >= 0.3 is 0 Å². The predicted octanol–water partition coefficient (Wildman–Crippen LogP) is 6.37. The Bertz CT molecular complexity index is 1400. The number of sulfonamides is 1. The van der Waals surface area contributed by atoms with Crippen molar-refractivity contribution in [1.82, 2.24) is 10.2 Å². The molecule has 0 saturated heterocycles. The Morgan fingerprint density at radius 1 is 0.925 bits per heavy atom. The number of halogens is 3. The summed E-state index contributed by atoms with van der Waals surface area (Å²) in [5.74, 6) is -0.698. The zero-order chi connectivity index (χ0) is 29.4. The summed E-state index contributed by atoms with van der Waals surface area (Å²) < 4.78 is 29.6. The summed E-state index contributed by atoms with van der Waals surface area (Å²) >= 11 is 15.0. The molecule has 11 heteroatoms. The van der Waals surface area contributed by atoms with Crippen LogP contribution in [0.15, 0.2) is 77.7 Å². The summed E-state index contributed by atoms with van der Waals surface area (Å²) in [7, 11) is -4.13. The van der Waals surface area contributed by atoms with E-state index in [9.17, 15) is 18.0 Å². The van der Waals surface area contributed by atoms with Gasteiger partial charge in [-0.1, -0.05) is 68.2 Å². The first-order valence-corrected chi connectivity index (χ1v) is 16.1. The molecule has 1 atom stereocenters. The molecule has 0 spiro atoms. The molecule has 214 valence electrons. The Morgan fingerprint density at radius 2 is 1.52 bits per heavy atom. The van der Waals surface area contributed by atoms with E-state index in [2.05, 4.69) is 27.9 Å². The van der Waals surface area contributed by atoms with Crippen LogP contribution in [0.5, 0.6) is 0 Å². The molecule has 7 nitrogen and oxygen atoms in total. The molecule has 0 bridgehead atoms. The zero-order valence-electron chi connectivity index (χ0n) is 22.5. The minimum Gasteiger partial charge on any atom is -0.354 e. The molecule has 0 radical (unpaired) electrons. The van der Waals surface area contributed by atoms with Crippen LogP contribution in [0.2, 0.25) is 10.0 Å². The Labute approximate surface area is 260 Å². The van der Waals surface area contributed by atoms with Crippen LogP contribution in [-0.2, 0) is 26.2 Å². The van der Waals surface area contributed by atoms with Crippen molar-refractivity contribution in [2.24, 2.45) is 5.92 Å². The third kappa shape index (κ3) is 8.11. The van der Waals surface area contributed by atoms with Crippen LogP contribution in [0.3, 0.4) is 0 Å². The molecule has 0 aliphatic heterocycles. The fraction of sp³-hybridized carbons (Fsp3) is 0.310. The highest BCUT2D eigenvalue weighted by atomic mass is 127. The van der Waals surface area contributed by atoms with E-state index in [0.717, 1.165) is 7.88 Å². The van der Waals surface area contributed by atoms with E-state index >= 15 is 0 Å². The maximum absolute atomic E-state index is 14.1. The summed E-state index contributed by atoms with van der Waals surface area (Å²) in [4.78, 5) is 28.8. The molecule has 2 amide bonds. The minimum atomic E-state index is -4.13. The second-order valence-corrected chi connectivity index (χ2v) is 13.5. The Balaban J connectivity index is 2.07. The van der Waals surface area contributed by atoms with Crippen molar-refractivity contribution in [3.8, 4) is 0 Å². The quantitative estimate of drug-likeness (QED) is 0.221. The largest absolute Gasteiger partial charge is 0.354 e. The predicted molar refractivity (Wildman–Crippen MR) is 169 cm³/mol. The molecular formula is C29H32Cl2IN3O4S. The monoisotopic (exact) mass is 715 g/mol. The van der Waals surface area contributed by atoms with Crippen molar-refractivity contribution in [3.05, 3.63) is 92.0 Å². The molecule has 3 aromatic carbocycles. The van der Waals surface area contributed by atoms with Crippen molar-refractivity contribution in [3.63, 3.8) is 0 Å². The van der Waals surface area contributed by atoms with Crippen LogP contribution in [0.1, 0.15) is 32.8 Å². The van der Waals surface area contributed by atoms with Gasteiger partial charge in [-0.15, -0.1) is 0 Å². The molecule has 0 heterocycles. The van der Waals surface area contributed by atoms with E-state index in [4.69, 9.17) is 23.2 Å². The second kappa shape index (κ2) is 14.5. The van der Waals surface area contributed by atoms with Crippen LogP contribution in [0, 0.1) is 9.49 Å². The van der Waals surface area contributed by atoms with Gasteiger partial charge in [0.2, 0.25) is 11.8 Å². The van der Waals surface area contributed by atoms with Crippen molar-refractivity contribution in [1.29, 1.82) is 0 Å². The topological polar surface area (TPSA) is 86.8 Å². The lowest BCUT2D eigenvalue weighted by molar-refractivity contribution is -0.140. The highest BCUT2D eigenvalue weighted by Gasteiger charge is 2.34. The van der Waals surface area contributed by atoms with Crippen LogP contribution in [0.25, 0.3) is 0 Å². The molecule has 0 unspecified atom stereocenters. The van der Waals surface area contributed by atoms with E-state index in [1.807, 2.05) is 13.8 Å². The van der Waals surface area contributed by atoms with Gasteiger partial charge in [0.05, 0.1) is 10.6 Å². The number of hydrogen-bond acceptors (Lipinski definition) is 4. The van der Waals surface area contributed by atoms with E-state index in [1.165, 1.54) is 17.0 Å². The number of benzene rings is 3. The third-order valence-corrected chi connectivity index (χ3v) is 9.40. The Kier molecular flexibility index (Phi) is 11.7. The van der Waals surface area contributed by atoms with Crippen LogP contribution < -0.4 is 9.62 Å². The van der Waals surface area contributed by atoms with E-state index < -0.39 is 28.5 Å². The van der Waals surface area contributed by atoms with Gasteiger partial charge in [0, 0.05) is 32.3 Å². The van der Waals surface area contributed by atoms with Crippen LogP contribution in [-0.4, -0.2) is 44.3 Å². The number of anilines is 1. The highest BCUT2D eigenvalue weighted by Crippen LogP contribution is 2.29. The Morgan fingerprint density at radius 3 is 2.08 bits per heavy atom. The molecule has 3 aromatic rings. The summed E-state index contributed by atoms with van der Waals surface area (Å²) in [6.07, 6.45) is 0.298.